The van der Waals surface area contributed by atoms with E-state index in [1.807, 2.05) is 13.0 Å². The molecular weight excluding hydrogens is 396 g/mol. The van der Waals surface area contributed by atoms with Gasteiger partial charge in [-0.1, -0.05) is 0 Å². The third-order valence-corrected chi connectivity index (χ3v) is 5.31. The average Bonchev–Trinajstić information content (AvgIpc) is 2.90. The summed E-state index contributed by atoms with van der Waals surface area (Å²) in [5.74, 6) is -0.0284. The fourth-order valence-electron chi connectivity index (χ4n) is 1.62. The van der Waals surface area contributed by atoms with Crippen LogP contribution >= 0.6 is 43.2 Å². The summed E-state index contributed by atoms with van der Waals surface area (Å²) < 4.78 is 8.38. The van der Waals surface area contributed by atoms with Crippen molar-refractivity contribution in [1.29, 1.82) is 0 Å². The van der Waals surface area contributed by atoms with Gasteiger partial charge >= 0.3 is 0 Å². The second kappa shape index (κ2) is 6.30. The van der Waals surface area contributed by atoms with Crippen LogP contribution < -0.4 is 0 Å². The van der Waals surface area contributed by atoms with Gasteiger partial charge in [-0.3, -0.25) is 9.48 Å². The van der Waals surface area contributed by atoms with Crippen LogP contribution in [-0.4, -0.2) is 29.3 Å². The molecule has 2 aromatic heterocycles. The zero-order chi connectivity index (χ0) is 14.0. The van der Waals surface area contributed by atoms with Gasteiger partial charge in [-0.25, -0.2) is 0 Å². The summed E-state index contributed by atoms with van der Waals surface area (Å²) >= 11 is 8.25. The van der Waals surface area contributed by atoms with Crippen LogP contribution in [0.4, 0.5) is 0 Å². The highest BCUT2D eigenvalue weighted by atomic mass is 79.9. The highest BCUT2D eigenvalue weighted by Gasteiger charge is 2.21. The Kier molecular flexibility index (Phi) is 4.94. The van der Waals surface area contributed by atoms with E-state index in [0.717, 1.165) is 9.35 Å². The molecule has 0 aliphatic heterocycles. The summed E-state index contributed by atoms with van der Waals surface area (Å²) in [5, 5.41) is 4.19. The van der Waals surface area contributed by atoms with E-state index in [-0.39, 0.29) is 5.78 Å². The van der Waals surface area contributed by atoms with Crippen molar-refractivity contribution in [2.24, 2.45) is 0 Å². The fourth-order valence-corrected chi connectivity index (χ4v) is 3.58. The number of thiophene rings is 1. The number of aromatic nitrogens is 2. The van der Waals surface area contributed by atoms with Gasteiger partial charge in [0.1, 0.15) is 5.69 Å². The molecule has 0 bridgehead atoms. The predicted octanol–water partition coefficient (Wildman–Crippen LogP) is 3.66. The van der Waals surface area contributed by atoms with Gasteiger partial charge in [-0.15, -0.1) is 11.3 Å². The standard InChI is InChI=1S/C12H12Br2N2O2S/c1-7-5-9(19-12(7)14)11(17)10-8(13)6-15-16(10)3-4-18-2/h5-6H,3-4H2,1-2H3. The summed E-state index contributed by atoms with van der Waals surface area (Å²) in [5.41, 5.74) is 1.62. The van der Waals surface area contributed by atoms with E-state index in [9.17, 15) is 4.79 Å². The maximum Gasteiger partial charge on any atom is 0.222 e. The van der Waals surface area contributed by atoms with Gasteiger partial charge in [-0.2, -0.15) is 5.10 Å². The SMILES string of the molecule is COCCn1ncc(Br)c1C(=O)c1cc(C)c(Br)s1. The normalized spacial score (nSPS) is 10.9. The van der Waals surface area contributed by atoms with Crippen LogP contribution in [0.2, 0.25) is 0 Å². The predicted molar refractivity (Wildman–Crippen MR) is 82.0 cm³/mol. The number of nitrogens with zero attached hydrogens (tertiary/aromatic N) is 2. The molecule has 0 N–H and O–H groups in total. The minimum absolute atomic E-state index is 0.0284. The van der Waals surface area contributed by atoms with Crippen molar-refractivity contribution in [2.75, 3.05) is 13.7 Å². The van der Waals surface area contributed by atoms with E-state index in [4.69, 9.17) is 4.74 Å². The molecule has 0 unspecified atom stereocenters. The number of rotatable bonds is 5. The van der Waals surface area contributed by atoms with E-state index in [2.05, 4.69) is 37.0 Å². The number of ketones is 1. The van der Waals surface area contributed by atoms with Gasteiger partial charge in [0, 0.05) is 7.11 Å². The number of carbonyl (C=O) groups is 1. The molecule has 0 radical (unpaired) electrons. The Labute approximate surface area is 132 Å². The van der Waals surface area contributed by atoms with Gasteiger partial charge < -0.3 is 4.74 Å². The van der Waals surface area contributed by atoms with Crippen LogP contribution in [0.3, 0.4) is 0 Å². The molecule has 2 rings (SSSR count). The molecule has 102 valence electrons. The number of hydrogen-bond acceptors (Lipinski definition) is 4. The minimum Gasteiger partial charge on any atom is -0.383 e. The van der Waals surface area contributed by atoms with Crippen LogP contribution in [0, 0.1) is 6.92 Å². The van der Waals surface area contributed by atoms with Gasteiger partial charge in [0.2, 0.25) is 5.78 Å². The monoisotopic (exact) mass is 406 g/mol. The summed E-state index contributed by atoms with van der Waals surface area (Å²) in [7, 11) is 1.62. The molecule has 0 spiro atoms. The molecule has 0 saturated heterocycles. The smallest absolute Gasteiger partial charge is 0.222 e. The number of ether oxygens (including phenoxy) is 1. The van der Waals surface area contributed by atoms with Gasteiger partial charge in [0.15, 0.2) is 0 Å². The number of methoxy groups -OCH3 is 1. The minimum atomic E-state index is -0.0284. The Morgan fingerprint density at radius 3 is 2.84 bits per heavy atom. The first kappa shape index (κ1) is 14.9. The first-order chi connectivity index (χ1) is 9.04. The molecule has 0 amide bonds. The highest BCUT2D eigenvalue weighted by Crippen LogP contribution is 2.30. The Hall–Kier alpha value is -0.500. The molecule has 2 heterocycles. The van der Waals surface area contributed by atoms with Crippen molar-refractivity contribution in [3.63, 3.8) is 0 Å². The Morgan fingerprint density at radius 2 is 2.26 bits per heavy atom. The lowest BCUT2D eigenvalue weighted by Crippen LogP contribution is -2.14. The van der Waals surface area contributed by atoms with Crippen molar-refractivity contribution in [3.8, 4) is 0 Å². The molecule has 4 nitrogen and oxygen atoms in total. The molecule has 0 aromatic carbocycles. The van der Waals surface area contributed by atoms with Crippen LogP contribution in [0.5, 0.6) is 0 Å². The van der Waals surface area contributed by atoms with Crippen molar-refractivity contribution in [3.05, 3.63) is 36.7 Å². The second-order valence-electron chi connectivity index (χ2n) is 3.95. The average molecular weight is 408 g/mol. The number of hydrogen-bond donors (Lipinski definition) is 0. The zero-order valence-corrected chi connectivity index (χ0v) is 14.4. The summed E-state index contributed by atoms with van der Waals surface area (Å²) in [6, 6.07) is 1.89. The number of carbonyl (C=O) groups excluding carboxylic acids is 1. The van der Waals surface area contributed by atoms with Crippen molar-refractivity contribution >= 4 is 49.0 Å². The molecule has 2 aromatic rings. The molecule has 0 atom stereocenters. The van der Waals surface area contributed by atoms with Gasteiger partial charge in [-0.05, 0) is 50.4 Å². The van der Waals surface area contributed by atoms with Gasteiger partial charge in [0.25, 0.3) is 0 Å². The molecule has 7 heteroatoms. The summed E-state index contributed by atoms with van der Waals surface area (Å²) in [4.78, 5) is 13.2. The Balaban J connectivity index is 2.35. The van der Waals surface area contributed by atoms with E-state index >= 15 is 0 Å². The van der Waals surface area contributed by atoms with Crippen molar-refractivity contribution < 1.29 is 9.53 Å². The molecule has 19 heavy (non-hydrogen) atoms. The van der Waals surface area contributed by atoms with E-state index in [1.165, 1.54) is 11.3 Å². The molecule has 0 saturated carbocycles. The van der Waals surface area contributed by atoms with Crippen LogP contribution in [0.15, 0.2) is 20.5 Å². The largest absolute Gasteiger partial charge is 0.383 e. The van der Waals surface area contributed by atoms with E-state index < -0.39 is 0 Å². The molecule has 0 fully saturated rings. The topological polar surface area (TPSA) is 44.1 Å². The third kappa shape index (κ3) is 3.16. The molecule has 0 aliphatic carbocycles. The number of halogens is 2. The lowest BCUT2D eigenvalue weighted by atomic mass is 10.2. The first-order valence-corrected chi connectivity index (χ1v) is 7.95. The van der Waals surface area contributed by atoms with Crippen LogP contribution in [0.1, 0.15) is 20.9 Å². The summed E-state index contributed by atoms with van der Waals surface area (Å²) in [6.45, 7) is 3.03. The maximum absolute atomic E-state index is 12.5. The zero-order valence-electron chi connectivity index (χ0n) is 10.4. The molecular formula is C12H12Br2N2O2S. The van der Waals surface area contributed by atoms with Crippen LogP contribution in [-0.2, 0) is 11.3 Å². The van der Waals surface area contributed by atoms with Crippen molar-refractivity contribution in [2.45, 2.75) is 13.5 Å². The Bertz CT molecular complexity index is 587. The highest BCUT2D eigenvalue weighted by molar-refractivity contribution is 9.11. The second-order valence-corrected chi connectivity index (χ2v) is 7.18. The lowest BCUT2D eigenvalue weighted by Gasteiger charge is -2.05. The molecule has 0 aliphatic rings. The lowest BCUT2D eigenvalue weighted by molar-refractivity contribution is 0.102. The quantitative estimate of drug-likeness (QED) is 0.710. The Morgan fingerprint density at radius 1 is 1.53 bits per heavy atom. The maximum atomic E-state index is 12.5. The van der Waals surface area contributed by atoms with Crippen molar-refractivity contribution in [1.82, 2.24) is 9.78 Å². The summed E-state index contributed by atoms with van der Waals surface area (Å²) in [6.07, 6.45) is 1.64. The third-order valence-electron chi connectivity index (χ3n) is 2.60. The van der Waals surface area contributed by atoms with Crippen LogP contribution in [0.25, 0.3) is 0 Å². The van der Waals surface area contributed by atoms with E-state index in [0.29, 0.717) is 28.2 Å². The van der Waals surface area contributed by atoms with E-state index in [1.54, 1.807) is 18.0 Å². The first-order valence-electron chi connectivity index (χ1n) is 5.55. The number of aryl methyl sites for hydroxylation is 1. The fraction of sp³-hybridized carbons (Fsp3) is 0.333. The van der Waals surface area contributed by atoms with Gasteiger partial charge in [0.05, 0.1) is 32.5 Å².